The van der Waals surface area contributed by atoms with Gasteiger partial charge in [0.05, 0.1) is 6.54 Å². The van der Waals surface area contributed by atoms with Crippen molar-refractivity contribution in [1.29, 1.82) is 0 Å². The van der Waals surface area contributed by atoms with Gasteiger partial charge in [-0.2, -0.15) is 0 Å². The lowest BCUT2D eigenvalue weighted by Crippen LogP contribution is -2.74. The van der Waals surface area contributed by atoms with E-state index in [2.05, 4.69) is 16.0 Å². The lowest BCUT2D eigenvalue weighted by Gasteiger charge is -2.40. The molecule has 1 heterocycles. The number of amides is 3. The minimum Gasteiger partial charge on any atom is -0.445 e. The molecule has 0 aliphatic carbocycles. The molecule has 146 valence electrons. The van der Waals surface area contributed by atoms with Gasteiger partial charge in [0.1, 0.15) is 12.6 Å². The van der Waals surface area contributed by atoms with Crippen LogP contribution >= 0.6 is 0 Å². The number of carbonyl (C=O) groups excluding carboxylic acids is 3. The number of alkyl carbamates (subject to hydrolysis) is 1. The Hall–Kier alpha value is -3.39. The van der Waals surface area contributed by atoms with Gasteiger partial charge in [-0.25, -0.2) is 4.79 Å². The average molecular weight is 383 g/mol. The minimum absolute atomic E-state index is 0.0697. The molecule has 0 spiro atoms. The Morgan fingerprint density at radius 3 is 2.29 bits per heavy atom. The molecule has 8 heteroatoms. The zero-order valence-electron chi connectivity index (χ0n) is 15.3. The van der Waals surface area contributed by atoms with Gasteiger partial charge in [0.2, 0.25) is 11.6 Å². The summed E-state index contributed by atoms with van der Waals surface area (Å²) in [6.45, 7) is 0.217. The third-order valence-electron chi connectivity index (χ3n) is 4.41. The topological polar surface area (TPSA) is 106 Å². The number of hydrogen-bond acceptors (Lipinski definition) is 5. The highest BCUT2D eigenvalue weighted by atomic mass is 16.5. The van der Waals surface area contributed by atoms with Crippen LogP contribution in [0.25, 0.3) is 0 Å². The summed E-state index contributed by atoms with van der Waals surface area (Å²) in [5, 5.41) is 7.64. The van der Waals surface area contributed by atoms with E-state index in [1.165, 1.54) is 7.11 Å². The smallest absolute Gasteiger partial charge is 0.408 e. The zero-order valence-corrected chi connectivity index (χ0v) is 15.3. The van der Waals surface area contributed by atoms with E-state index in [4.69, 9.17) is 9.47 Å². The van der Waals surface area contributed by atoms with Crippen LogP contribution in [0.5, 0.6) is 0 Å². The first-order valence-electron chi connectivity index (χ1n) is 8.72. The lowest BCUT2D eigenvalue weighted by atomic mass is 10.0. The number of β-lactam (4-membered cyclic amide) rings is 1. The maximum absolute atomic E-state index is 12.8. The van der Waals surface area contributed by atoms with Crippen LogP contribution in [0.3, 0.4) is 0 Å². The predicted molar refractivity (Wildman–Crippen MR) is 99.8 cm³/mol. The van der Waals surface area contributed by atoms with Crippen LogP contribution in [0.4, 0.5) is 4.79 Å². The van der Waals surface area contributed by atoms with Gasteiger partial charge in [-0.15, -0.1) is 0 Å². The zero-order chi connectivity index (χ0) is 20.0. The van der Waals surface area contributed by atoms with Crippen LogP contribution in [-0.4, -0.2) is 37.3 Å². The van der Waals surface area contributed by atoms with Crippen molar-refractivity contribution in [2.75, 3.05) is 13.7 Å². The summed E-state index contributed by atoms with van der Waals surface area (Å²) in [5.74, 6) is -1.03. The average Bonchev–Trinajstić information content (AvgIpc) is 2.74. The van der Waals surface area contributed by atoms with Gasteiger partial charge in [0.15, 0.2) is 0 Å². The van der Waals surface area contributed by atoms with Gasteiger partial charge < -0.3 is 25.4 Å². The number of methoxy groups -OCH3 is 1. The van der Waals surface area contributed by atoms with E-state index in [0.717, 1.165) is 5.56 Å². The van der Waals surface area contributed by atoms with Crippen molar-refractivity contribution in [3.8, 4) is 0 Å². The third-order valence-corrected chi connectivity index (χ3v) is 4.41. The van der Waals surface area contributed by atoms with Crippen LogP contribution < -0.4 is 16.0 Å². The maximum atomic E-state index is 12.8. The summed E-state index contributed by atoms with van der Waals surface area (Å²) in [7, 11) is 1.33. The molecule has 3 rings (SSSR count). The van der Waals surface area contributed by atoms with Crippen LogP contribution in [0.1, 0.15) is 17.2 Å². The molecule has 1 saturated heterocycles. The molecule has 2 aromatic rings. The molecule has 0 aromatic heterocycles. The SMILES string of the molecule is COC1(NC(=O)[C@H](NC(=O)OCc2ccccc2)c2ccccc2)CNC1=O. The van der Waals surface area contributed by atoms with Crippen molar-refractivity contribution in [3.63, 3.8) is 0 Å². The van der Waals surface area contributed by atoms with Gasteiger partial charge in [0.25, 0.3) is 5.91 Å². The number of rotatable bonds is 7. The highest BCUT2D eigenvalue weighted by Gasteiger charge is 2.49. The fraction of sp³-hybridized carbons (Fsp3) is 0.250. The summed E-state index contributed by atoms with van der Waals surface area (Å²) < 4.78 is 10.4. The molecule has 8 nitrogen and oxygen atoms in total. The first-order chi connectivity index (χ1) is 13.5. The summed E-state index contributed by atoms with van der Waals surface area (Å²) in [4.78, 5) is 36.9. The first kappa shape index (κ1) is 19.4. The maximum Gasteiger partial charge on any atom is 0.408 e. The fourth-order valence-electron chi connectivity index (χ4n) is 2.74. The molecule has 0 saturated carbocycles. The summed E-state index contributed by atoms with van der Waals surface area (Å²) >= 11 is 0. The Morgan fingerprint density at radius 1 is 1.11 bits per heavy atom. The van der Waals surface area contributed by atoms with Crippen molar-refractivity contribution in [2.45, 2.75) is 18.4 Å². The number of carbonyl (C=O) groups is 3. The van der Waals surface area contributed by atoms with E-state index in [0.29, 0.717) is 5.56 Å². The molecule has 1 unspecified atom stereocenters. The molecule has 3 amide bonds. The second-order valence-electron chi connectivity index (χ2n) is 6.25. The van der Waals surface area contributed by atoms with E-state index in [1.54, 1.807) is 30.3 Å². The predicted octanol–water partition coefficient (Wildman–Crippen LogP) is 1.24. The Kier molecular flexibility index (Phi) is 5.90. The third kappa shape index (κ3) is 4.29. The number of ether oxygens (including phenoxy) is 2. The molecule has 1 aliphatic rings. The van der Waals surface area contributed by atoms with Gasteiger partial charge in [-0.05, 0) is 11.1 Å². The number of nitrogens with one attached hydrogen (secondary N) is 3. The second kappa shape index (κ2) is 8.53. The first-order valence-corrected chi connectivity index (χ1v) is 8.72. The molecule has 2 aromatic carbocycles. The van der Waals surface area contributed by atoms with Crippen LogP contribution in [0.15, 0.2) is 60.7 Å². The van der Waals surface area contributed by atoms with Crippen LogP contribution in [0, 0.1) is 0 Å². The molecule has 2 atom stereocenters. The van der Waals surface area contributed by atoms with E-state index >= 15 is 0 Å². The van der Waals surface area contributed by atoms with E-state index in [-0.39, 0.29) is 13.2 Å². The van der Waals surface area contributed by atoms with Crippen molar-refractivity contribution < 1.29 is 23.9 Å². The van der Waals surface area contributed by atoms with E-state index in [9.17, 15) is 14.4 Å². The Labute approximate surface area is 162 Å². The standard InChI is InChI=1S/C20H21N3O5/c1-27-20(13-21-18(20)25)23-17(24)16(15-10-6-3-7-11-15)22-19(26)28-12-14-8-4-2-5-9-14/h2-11,16H,12-13H2,1H3,(H,21,25)(H,22,26)(H,23,24)/t16-,20?/m1/s1. The minimum atomic E-state index is -1.43. The molecule has 3 N–H and O–H groups in total. The largest absolute Gasteiger partial charge is 0.445 e. The van der Waals surface area contributed by atoms with Crippen molar-refractivity contribution in [2.24, 2.45) is 0 Å². The van der Waals surface area contributed by atoms with Gasteiger partial charge in [0, 0.05) is 7.11 Å². The molecule has 0 radical (unpaired) electrons. The Bertz CT molecular complexity index is 839. The van der Waals surface area contributed by atoms with Crippen molar-refractivity contribution in [3.05, 3.63) is 71.8 Å². The second-order valence-corrected chi connectivity index (χ2v) is 6.25. The van der Waals surface area contributed by atoms with Gasteiger partial charge >= 0.3 is 6.09 Å². The Morgan fingerprint density at radius 2 is 1.75 bits per heavy atom. The van der Waals surface area contributed by atoms with Crippen LogP contribution in [0.2, 0.25) is 0 Å². The van der Waals surface area contributed by atoms with Crippen molar-refractivity contribution >= 4 is 17.9 Å². The molecule has 1 fully saturated rings. The normalized spacial score (nSPS) is 19.0. The molecular weight excluding hydrogens is 362 g/mol. The fourth-order valence-corrected chi connectivity index (χ4v) is 2.74. The summed E-state index contributed by atoms with van der Waals surface area (Å²) in [6, 6.07) is 16.8. The summed E-state index contributed by atoms with van der Waals surface area (Å²) in [6.07, 6.45) is -0.752. The molecule has 28 heavy (non-hydrogen) atoms. The molecular formula is C20H21N3O5. The molecule has 1 aliphatic heterocycles. The van der Waals surface area contributed by atoms with E-state index < -0.39 is 29.7 Å². The Balaban J connectivity index is 1.69. The van der Waals surface area contributed by atoms with E-state index in [1.807, 2.05) is 30.3 Å². The number of benzene rings is 2. The lowest BCUT2D eigenvalue weighted by molar-refractivity contribution is -0.167. The quantitative estimate of drug-likeness (QED) is 0.493. The van der Waals surface area contributed by atoms with Gasteiger partial charge in [-0.3, -0.25) is 9.59 Å². The number of hydrogen-bond donors (Lipinski definition) is 3. The summed E-state index contributed by atoms with van der Waals surface area (Å²) in [5.41, 5.74) is -0.0646. The molecule has 0 bridgehead atoms. The monoisotopic (exact) mass is 383 g/mol. The van der Waals surface area contributed by atoms with Crippen molar-refractivity contribution in [1.82, 2.24) is 16.0 Å². The van der Waals surface area contributed by atoms with Crippen LogP contribution in [-0.2, 0) is 25.7 Å². The van der Waals surface area contributed by atoms with Gasteiger partial charge in [-0.1, -0.05) is 60.7 Å². The highest BCUT2D eigenvalue weighted by Crippen LogP contribution is 2.18. The highest BCUT2D eigenvalue weighted by molar-refractivity contribution is 5.97.